The third-order valence-corrected chi connectivity index (χ3v) is 2.30. The van der Waals surface area contributed by atoms with E-state index in [4.69, 9.17) is 0 Å². The smallest absolute Gasteiger partial charge is 0.219 e. The highest BCUT2D eigenvalue weighted by molar-refractivity contribution is 5.73. The van der Waals surface area contributed by atoms with Crippen LogP contribution in [-0.2, 0) is 4.79 Å². The lowest BCUT2D eigenvalue weighted by atomic mass is 10.1. The molecular formula is C11H24N2O. The summed E-state index contributed by atoms with van der Waals surface area (Å²) in [5.74, 6) is 0.231. The van der Waals surface area contributed by atoms with Gasteiger partial charge in [-0.15, -0.1) is 0 Å². The Kier molecular flexibility index (Phi) is 8.64. The number of piperidine rings is 1. The van der Waals surface area contributed by atoms with Gasteiger partial charge in [0.05, 0.1) is 0 Å². The number of hydrogen-bond acceptors (Lipinski definition) is 2. The van der Waals surface area contributed by atoms with Gasteiger partial charge in [-0.1, -0.05) is 13.8 Å². The lowest BCUT2D eigenvalue weighted by molar-refractivity contribution is -0.129. The Morgan fingerprint density at radius 2 is 1.64 bits per heavy atom. The summed E-state index contributed by atoms with van der Waals surface area (Å²) in [7, 11) is 0. The molecule has 0 spiro atoms. The van der Waals surface area contributed by atoms with Gasteiger partial charge in [-0.2, -0.15) is 0 Å². The molecule has 0 aromatic heterocycles. The van der Waals surface area contributed by atoms with Crippen LogP contribution in [-0.4, -0.2) is 37.0 Å². The average molecular weight is 200 g/mol. The highest BCUT2D eigenvalue weighted by Crippen LogP contribution is 2.07. The molecular weight excluding hydrogens is 176 g/mol. The zero-order chi connectivity index (χ0) is 10.8. The number of rotatable bonds is 2. The standard InChI is InChI=1S/C7H13NO.C4H11N/c1-7(9)8-5-3-2-4-6-8;1-3-5-4-2/h2-6H2,1H3;5H,3-4H2,1-2H3. The molecule has 1 aliphatic heterocycles. The van der Waals surface area contributed by atoms with Gasteiger partial charge in [0.2, 0.25) is 5.91 Å². The first-order chi connectivity index (χ1) is 6.72. The van der Waals surface area contributed by atoms with Crippen LogP contribution in [0.2, 0.25) is 0 Å². The first kappa shape index (κ1) is 13.4. The minimum atomic E-state index is 0.231. The zero-order valence-electron chi connectivity index (χ0n) is 9.81. The van der Waals surface area contributed by atoms with Gasteiger partial charge < -0.3 is 10.2 Å². The van der Waals surface area contributed by atoms with Crippen molar-refractivity contribution in [2.24, 2.45) is 0 Å². The Balaban J connectivity index is 0.000000292. The molecule has 1 heterocycles. The molecule has 0 aromatic carbocycles. The number of carbonyl (C=O) groups is 1. The van der Waals surface area contributed by atoms with E-state index in [1.165, 1.54) is 19.3 Å². The monoisotopic (exact) mass is 200 g/mol. The molecule has 3 heteroatoms. The van der Waals surface area contributed by atoms with Crippen LogP contribution in [0.3, 0.4) is 0 Å². The SMILES string of the molecule is CC(=O)N1CCCCC1.CCNCC. The molecule has 1 fully saturated rings. The lowest BCUT2D eigenvalue weighted by Crippen LogP contribution is -2.33. The molecule has 1 N–H and O–H groups in total. The molecule has 84 valence electrons. The maximum atomic E-state index is 10.7. The Morgan fingerprint density at radius 1 is 1.14 bits per heavy atom. The van der Waals surface area contributed by atoms with Crippen molar-refractivity contribution in [3.8, 4) is 0 Å². The Morgan fingerprint density at radius 3 is 1.86 bits per heavy atom. The molecule has 0 bridgehead atoms. The van der Waals surface area contributed by atoms with E-state index in [1.807, 2.05) is 4.90 Å². The molecule has 0 radical (unpaired) electrons. The van der Waals surface area contributed by atoms with Crippen molar-refractivity contribution in [1.82, 2.24) is 10.2 Å². The number of amides is 1. The molecule has 0 aliphatic carbocycles. The summed E-state index contributed by atoms with van der Waals surface area (Å²) < 4.78 is 0. The van der Waals surface area contributed by atoms with Crippen molar-refractivity contribution in [3.63, 3.8) is 0 Å². The van der Waals surface area contributed by atoms with Crippen LogP contribution in [0.5, 0.6) is 0 Å². The Labute approximate surface area is 87.9 Å². The molecule has 14 heavy (non-hydrogen) atoms. The second-order valence-electron chi connectivity index (χ2n) is 3.52. The lowest BCUT2D eigenvalue weighted by Gasteiger charge is -2.24. The predicted octanol–water partition coefficient (Wildman–Crippen LogP) is 1.63. The fraction of sp³-hybridized carbons (Fsp3) is 0.909. The molecule has 1 aliphatic rings. The van der Waals surface area contributed by atoms with Gasteiger partial charge in [-0.3, -0.25) is 4.79 Å². The van der Waals surface area contributed by atoms with Crippen molar-refractivity contribution < 1.29 is 4.79 Å². The summed E-state index contributed by atoms with van der Waals surface area (Å²) in [5.41, 5.74) is 0. The van der Waals surface area contributed by atoms with E-state index in [-0.39, 0.29) is 5.91 Å². The van der Waals surface area contributed by atoms with Crippen LogP contribution in [0.4, 0.5) is 0 Å². The zero-order valence-corrected chi connectivity index (χ0v) is 9.81. The van der Waals surface area contributed by atoms with Crippen LogP contribution in [0.1, 0.15) is 40.0 Å². The molecule has 3 nitrogen and oxygen atoms in total. The van der Waals surface area contributed by atoms with E-state index >= 15 is 0 Å². The molecule has 0 atom stereocenters. The van der Waals surface area contributed by atoms with Crippen LogP contribution >= 0.6 is 0 Å². The summed E-state index contributed by atoms with van der Waals surface area (Å²) in [4.78, 5) is 12.6. The molecule has 0 aromatic rings. The van der Waals surface area contributed by atoms with Crippen LogP contribution < -0.4 is 5.32 Å². The van der Waals surface area contributed by atoms with Crippen LogP contribution in [0.25, 0.3) is 0 Å². The average Bonchev–Trinajstić information content (AvgIpc) is 2.21. The van der Waals surface area contributed by atoms with Crippen molar-refractivity contribution in [1.29, 1.82) is 0 Å². The number of nitrogens with one attached hydrogen (secondary N) is 1. The molecule has 0 saturated carbocycles. The van der Waals surface area contributed by atoms with Gasteiger partial charge in [-0.05, 0) is 32.4 Å². The van der Waals surface area contributed by atoms with Gasteiger partial charge in [0.1, 0.15) is 0 Å². The Bertz CT molecular complexity index is 140. The first-order valence-electron chi connectivity index (χ1n) is 5.68. The van der Waals surface area contributed by atoms with E-state index in [1.54, 1.807) is 6.92 Å². The summed E-state index contributed by atoms with van der Waals surface area (Å²) in [6.45, 7) is 10.00. The molecule has 0 unspecified atom stereocenters. The van der Waals surface area contributed by atoms with E-state index in [2.05, 4.69) is 19.2 Å². The van der Waals surface area contributed by atoms with Gasteiger partial charge >= 0.3 is 0 Å². The Hall–Kier alpha value is -0.570. The van der Waals surface area contributed by atoms with Crippen molar-refractivity contribution in [2.75, 3.05) is 26.2 Å². The summed E-state index contributed by atoms with van der Waals surface area (Å²) in [6.07, 6.45) is 3.68. The van der Waals surface area contributed by atoms with Crippen molar-refractivity contribution in [2.45, 2.75) is 40.0 Å². The molecule has 1 saturated heterocycles. The number of likely N-dealkylation sites (tertiary alicyclic amines) is 1. The largest absolute Gasteiger partial charge is 0.343 e. The second-order valence-corrected chi connectivity index (χ2v) is 3.52. The van der Waals surface area contributed by atoms with E-state index < -0.39 is 0 Å². The van der Waals surface area contributed by atoms with Crippen LogP contribution in [0.15, 0.2) is 0 Å². The first-order valence-corrected chi connectivity index (χ1v) is 5.68. The minimum Gasteiger partial charge on any atom is -0.343 e. The summed E-state index contributed by atoms with van der Waals surface area (Å²) >= 11 is 0. The van der Waals surface area contributed by atoms with Gasteiger partial charge in [-0.25, -0.2) is 0 Å². The van der Waals surface area contributed by atoms with Crippen LogP contribution in [0, 0.1) is 0 Å². The highest BCUT2D eigenvalue weighted by Gasteiger charge is 2.10. The number of carbonyl (C=O) groups excluding carboxylic acids is 1. The molecule has 1 amide bonds. The third kappa shape index (κ3) is 6.89. The second kappa shape index (κ2) is 9.00. The van der Waals surface area contributed by atoms with Gasteiger partial charge in [0.15, 0.2) is 0 Å². The van der Waals surface area contributed by atoms with E-state index in [9.17, 15) is 4.79 Å². The molecule has 1 rings (SSSR count). The minimum absolute atomic E-state index is 0.231. The summed E-state index contributed by atoms with van der Waals surface area (Å²) in [5, 5.41) is 3.11. The topological polar surface area (TPSA) is 32.3 Å². The van der Waals surface area contributed by atoms with E-state index in [0.717, 1.165) is 26.2 Å². The quantitative estimate of drug-likeness (QED) is 0.735. The fourth-order valence-electron chi connectivity index (χ4n) is 1.46. The fourth-order valence-corrected chi connectivity index (χ4v) is 1.46. The van der Waals surface area contributed by atoms with Crippen molar-refractivity contribution in [3.05, 3.63) is 0 Å². The third-order valence-electron chi connectivity index (χ3n) is 2.30. The van der Waals surface area contributed by atoms with E-state index in [0.29, 0.717) is 0 Å². The predicted molar refractivity (Wildman–Crippen MR) is 60.3 cm³/mol. The summed E-state index contributed by atoms with van der Waals surface area (Å²) in [6, 6.07) is 0. The van der Waals surface area contributed by atoms with Gasteiger partial charge in [0.25, 0.3) is 0 Å². The number of nitrogens with zero attached hydrogens (tertiary/aromatic N) is 1. The highest BCUT2D eigenvalue weighted by atomic mass is 16.2. The van der Waals surface area contributed by atoms with Crippen molar-refractivity contribution >= 4 is 5.91 Å². The maximum Gasteiger partial charge on any atom is 0.219 e. The van der Waals surface area contributed by atoms with Gasteiger partial charge in [0, 0.05) is 20.0 Å². The normalized spacial score (nSPS) is 15.8. The number of hydrogen-bond donors (Lipinski definition) is 1. The maximum absolute atomic E-state index is 10.7.